The zero-order valence-corrected chi connectivity index (χ0v) is 17.7. The highest BCUT2D eigenvalue weighted by Gasteiger charge is 2.25. The Morgan fingerprint density at radius 3 is 2.42 bits per heavy atom. The molecule has 2 aromatic rings. The predicted octanol–water partition coefficient (Wildman–Crippen LogP) is 1.35. The number of amides is 2. The van der Waals surface area contributed by atoms with Gasteiger partial charge in [-0.15, -0.1) is 0 Å². The van der Waals surface area contributed by atoms with Crippen LogP contribution in [0.2, 0.25) is 0 Å². The van der Waals surface area contributed by atoms with Gasteiger partial charge in [0.2, 0.25) is 5.91 Å². The van der Waals surface area contributed by atoms with Gasteiger partial charge in [0.1, 0.15) is 11.6 Å². The van der Waals surface area contributed by atoms with E-state index in [1.54, 1.807) is 26.2 Å². The summed E-state index contributed by atoms with van der Waals surface area (Å²) in [6.07, 6.45) is 2.41. The van der Waals surface area contributed by atoms with Gasteiger partial charge >= 0.3 is 7.12 Å². The van der Waals surface area contributed by atoms with Gasteiger partial charge < -0.3 is 20.3 Å². The molecule has 7 nitrogen and oxygen atoms in total. The van der Waals surface area contributed by atoms with Crippen molar-refractivity contribution in [1.82, 2.24) is 10.2 Å². The fourth-order valence-corrected chi connectivity index (χ4v) is 3.02. The second-order valence-electron chi connectivity index (χ2n) is 7.39. The van der Waals surface area contributed by atoms with Crippen LogP contribution in [0, 0.1) is 11.3 Å². The second kappa shape index (κ2) is 11.7. The van der Waals surface area contributed by atoms with Crippen LogP contribution in [0.5, 0.6) is 0 Å². The van der Waals surface area contributed by atoms with E-state index in [-0.39, 0.29) is 23.8 Å². The Kier molecular flexibility index (Phi) is 9.01. The number of carbonyl (C=O) groups excluding carboxylic acids is 2. The minimum atomic E-state index is -1.67. The smallest absolute Gasteiger partial charge is 0.426 e. The Labute approximate surface area is 182 Å². The number of nitrogens with one attached hydrogen (secondary N) is 1. The minimum Gasteiger partial charge on any atom is -0.426 e. The van der Waals surface area contributed by atoms with E-state index in [1.165, 1.54) is 11.0 Å². The fourth-order valence-electron chi connectivity index (χ4n) is 3.02. The average molecular weight is 419 g/mol. The van der Waals surface area contributed by atoms with Crippen LogP contribution < -0.4 is 5.32 Å². The monoisotopic (exact) mass is 419 g/mol. The van der Waals surface area contributed by atoms with Gasteiger partial charge in [-0.05, 0) is 35.6 Å². The number of hydrogen-bond donors (Lipinski definition) is 3. The molecule has 0 spiro atoms. The second-order valence-corrected chi connectivity index (χ2v) is 7.39. The van der Waals surface area contributed by atoms with Crippen LogP contribution in [0.15, 0.2) is 60.2 Å². The molecule has 2 amide bonds. The molecule has 31 heavy (non-hydrogen) atoms. The lowest BCUT2D eigenvalue weighted by atomic mass is 9.76. The van der Waals surface area contributed by atoms with Crippen molar-refractivity contribution >= 4 is 25.0 Å². The topological polar surface area (TPSA) is 114 Å². The summed E-state index contributed by atoms with van der Waals surface area (Å²) < 4.78 is 0. The van der Waals surface area contributed by atoms with Crippen molar-refractivity contribution in [2.24, 2.45) is 0 Å². The van der Waals surface area contributed by atoms with Gasteiger partial charge in [0.15, 0.2) is 0 Å². The third kappa shape index (κ3) is 7.74. The number of benzene rings is 2. The summed E-state index contributed by atoms with van der Waals surface area (Å²) in [5.41, 5.74) is 2.47. The van der Waals surface area contributed by atoms with Crippen LogP contribution in [-0.2, 0) is 22.4 Å². The van der Waals surface area contributed by atoms with Crippen LogP contribution in [0.25, 0.3) is 6.08 Å². The van der Waals surface area contributed by atoms with Gasteiger partial charge in [-0.2, -0.15) is 5.26 Å². The first-order valence-corrected chi connectivity index (χ1v) is 9.92. The lowest BCUT2D eigenvalue weighted by Gasteiger charge is -2.18. The van der Waals surface area contributed by atoms with Crippen LogP contribution in [-0.4, -0.2) is 53.9 Å². The van der Waals surface area contributed by atoms with E-state index in [2.05, 4.69) is 5.32 Å². The summed E-state index contributed by atoms with van der Waals surface area (Å²) in [7, 11) is 1.49. The highest BCUT2D eigenvalue weighted by molar-refractivity contribution is 6.43. The number of carbonyl (C=O) groups is 2. The summed E-state index contributed by atoms with van der Waals surface area (Å²) >= 11 is 0. The third-order valence-corrected chi connectivity index (χ3v) is 4.66. The lowest BCUT2D eigenvalue weighted by Crippen LogP contribution is -2.47. The van der Waals surface area contributed by atoms with Crippen LogP contribution in [0.1, 0.15) is 23.1 Å². The van der Waals surface area contributed by atoms with Gasteiger partial charge in [-0.25, -0.2) is 0 Å². The van der Waals surface area contributed by atoms with Gasteiger partial charge in [0.05, 0.1) is 5.94 Å². The maximum atomic E-state index is 12.4. The van der Waals surface area contributed by atoms with Crippen molar-refractivity contribution < 1.29 is 19.6 Å². The predicted molar refractivity (Wildman–Crippen MR) is 119 cm³/mol. The van der Waals surface area contributed by atoms with Crippen molar-refractivity contribution in [3.05, 3.63) is 76.9 Å². The summed E-state index contributed by atoms with van der Waals surface area (Å²) in [6, 6.07) is 18.4. The molecular weight excluding hydrogens is 393 g/mol. The molecule has 1 atom stereocenters. The molecule has 0 unspecified atom stereocenters. The first-order valence-electron chi connectivity index (χ1n) is 9.92. The molecule has 0 radical (unpaired) electrons. The zero-order chi connectivity index (χ0) is 22.8. The lowest BCUT2D eigenvalue weighted by molar-refractivity contribution is -0.124. The quantitative estimate of drug-likeness (QED) is 0.323. The first-order chi connectivity index (χ1) is 14.8. The zero-order valence-electron chi connectivity index (χ0n) is 17.7. The van der Waals surface area contributed by atoms with E-state index in [1.807, 2.05) is 48.5 Å². The largest absolute Gasteiger partial charge is 0.475 e. The van der Waals surface area contributed by atoms with E-state index in [0.717, 1.165) is 11.1 Å². The average Bonchev–Trinajstić information content (AvgIpc) is 2.76. The first kappa shape index (κ1) is 23.9. The highest BCUT2D eigenvalue weighted by atomic mass is 16.4. The molecule has 0 aliphatic carbocycles. The SMILES string of the molecule is CN(C)C(=O)C(C#N)=Cc1cccc(CCC(=O)N[C@@H](Cc2ccccc2)B(O)O)c1. The number of likely N-dealkylation sites (N-methyl/N-ethyl adjacent to an activating group) is 1. The summed E-state index contributed by atoms with van der Waals surface area (Å²) in [5.74, 6) is -1.48. The number of rotatable bonds is 9. The maximum absolute atomic E-state index is 12.4. The summed E-state index contributed by atoms with van der Waals surface area (Å²) in [4.78, 5) is 25.7. The Balaban J connectivity index is 1.99. The number of aryl methyl sites for hydroxylation is 1. The van der Waals surface area contributed by atoms with Crippen LogP contribution in [0.4, 0.5) is 0 Å². The van der Waals surface area contributed by atoms with Gasteiger partial charge in [0, 0.05) is 20.5 Å². The van der Waals surface area contributed by atoms with Crippen molar-refractivity contribution in [2.45, 2.75) is 25.2 Å². The molecule has 0 aromatic heterocycles. The molecule has 3 N–H and O–H groups in total. The minimum absolute atomic E-state index is 0.0283. The molecule has 160 valence electrons. The Hall–Kier alpha value is -3.41. The molecule has 0 aliphatic heterocycles. The van der Waals surface area contributed by atoms with Crippen molar-refractivity contribution in [1.29, 1.82) is 5.26 Å². The number of nitriles is 1. The van der Waals surface area contributed by atoms with Crippen LogP contribution in [0.3, 0.4) is 0 Å². The maximum Gasteiger partial charge on any atom is 0.475 e. The van der Waals surface area contributed by atoms with Crippen LogP contribution >= 0.6 is 0 Å². The van der Waals surface area contributed by atoms with E-state index in [4.69, 9.17) is 0 Å². The molecule has 2 aromatic carbocycles. The highest BCUT2D eigenvalue weighted by Crippen LogP contribution is 2.13. The molecule has 2 rings (SSSR count). The molecule has 8 heteroatoms. The van der Waals surface area contributed by atoms with Gasteiger partial charge in [-0.1, -0.05) is 54.6 Å². The van der Waals surface area contributed by atoms with Gasteiger partial charge in [-0.3, -0.25) is 9.59 Å². The molecular formula is C23H26BN3O4. The van der Waals surface area contributed by atoms with Gasteiger partial charge in [0.25, 0.3) is 5.91 Å². The Morgan fingerprint density at radius 1 is 1.13 bits per heavy atom. The molecule has 0 saturated heterocycles. The molecule has 0 heterocycles. The molecule has 0 fully saturated rings. The molecule has 0 aliphatic rings. The van der Waals surface area contributed by atoms with E-state index in [0.29, 0.717) is 18.4 Å². The summed E-state index contributed by atoms with van der Waals surface area (Å²) in [6.45, 7) is 0. The van der Waals surface area contributed by atoms with Crippen molar-refractivity contribution in [2.75, 3.05) is 14.1 Å². The fraction of sp³-hybridized carbons (Fsp3) is 0.261. The van der Waals surface area contributed by atoms with E-state index in [9.17, 15) is 24.9 Å². The van der Waals surface area contributed by atoms with E-state index < -0.39 is 13.1 Å². The normalized spacial score (nSPS) is 11.9. The standard InChI is InChI=1S/C23H26BN3O4/c1-27(2)23(29)20(16-25)14-19-10-6-9-18(13-19)11-12-22(28)26-21(24(30)31)15-17-7-4-3-5-8-17/h3-10,13-14,21,30-31H,11-12,15H2,1-2H3,(H,26,28)/t21-/m0/s1. The third-order valence-electron chi connectivity index (χ3n) is 4.66. The number of hydrogen-bond acceptors (Lipinski definition) is 5. The Bertz CT molecular complexity index is 968. The summed E-state index contributed by atoms with van der Waals surface area (Å²) in [5, 5.41) is 31.1. The Morgan fingerprint density at radius 2 is 1.81 bits per heavy atom. The molecule has 0 bridgehead atoms. The van der Waals surface area contributed by atoms with Crippen molar-refractivity contribution in [3.63, 3.8) is 0 Å². The van der Waals surface area contributed by atoms with E-state index >= 15 is 0 Å². The molecule has 0 saturated carbocycles. The number of nitrogens with zero attached hydrogens (tertiary/aromatic N) is 2. The van der Waals surface area contributed by atoms with Crippen molar-refractivity contribution in [3.8, 4) is 6.07 Å².